The summed E-state index contributed by atoms with van der Waals surface area (Å²) in [5.74, 6) is 1.84. The molecule has 1 fully saturated rings. The van der Waals surface area contributed by atoms with E-state index in [4.69, 9.17) is 11.6 Å². The third kappa shape index (κ3) is 3.18. The Hall–Kier alpha value is -0.600. The van der Waals surface area contributed by atoms with Crippen LogP contribution in [0.3, 0.4) is 0 Å². The number of pyridine rings is 1. The molecule has 0 amide bonds. The van der Waals surface area contributed by atoms with E-state index in [9.17, 15) is 0 Å². The molecule has 0 radical (unpaired) electrons. The van der Waals surface area contributed by atoms with Gasteiger partial charge >= 0.3 is 0 Å². The average molecular weight is 225 g/mol. The second-order valence-electron chi connectivity index (χ2n) is 4.66. The van der Waals surface area contributed by atoms with Gasteiger partial charge in [0.2, 0.25) is 0 Å². The maximum absolute atomic E-state index is 5.74. The molecule has 2 unspecified atom stereocenters. The third-order valence-electron chi connectivity index (χ3n) is 3.06. The van der Waals surface area contributed by atoms with E-state index in [0.29, 0.717) is 5.15 Å². The monoisotopic (exact) mass is 224 g/mol. The van der Waals surface area contributed by atoms with Crippen LogP contribution in [0.5, 0.6) is 0 Å². The van der Waals surface area contributed by atoms with Crippen LogP contribution in [0.25, 0.3) is 0 Å². The maximum Gasteiger partial charge on any atom is 0.129 e. The standard InChI is InChI=1S/C12H17ClN2/c1-9-5-11(9)8-15(2)7-10-3-4-12(13)14-6-10/h3-4,6,9,11H,5,7-8H2,1-2H3. The number of rotatable bonds is 4. The first-order valence-electron chi connectivity index (χ1n) is 5.44. The van der Waals surface area contributed by atoms with Crippen LogP contribution in [-0.4, -0.2) is 23.5 Å². The van der Waals surface area contributed by atoms with E-state index in [2.05, 4.69) is 23.9 Å². The molecular weight excluding hydrogens is 208 g/mol. The summed E-state index contributed by atoms with van der Waals surface area (Å²) in [7, 11) is 2.17. The Kier molecular flexibility index (Phi) is 3.27. The van der Waals surface area contributed by atoms with Crippen LogP contribution in [0.2, 0.25) is 5.15 Å². The lowest BCUT2D eigenvalue weighted by molar-refractivity contribution is 0.307. The molecule has 0 spiro atoms. The van der Waals surface area contributed by atoms with Gasteiger partial charge in [0.1, 0.15) is 5.15 Å². The van der Waals surface area contributed by atoms with Crippen molar-refractivity contribution >= 4 is 11.6 Å². The molecule has 2 atom stereocenters. The van der Waals surface area contributed by atoms with Crippen LogP contribution >= 0.6 is 11.6 Å². The van der Waals surface area contributed by atoms with E-state index >= 15 is 0 Å². The first-order valence-corrected chi connectivity index (χ1v) is 5.82. The lowest BCUT2D eigenvalue weighted by atomic mass is 10.2. The number of hydrogen-bond donors (Lipinski definition) is 0. The van der Waals surface area contributed by atoms with Gasteiger partial charge in [0.25, 0.3) is 0 Å². The van der Waals surface area contributed by atoms with Crippen LogP contribution < -0.4 is 0 Å². The predicted molar refractivity (Wildman–Crippen MR) is 62.9 cm³/mol. The highest BCUT2D eigenvalue weighted by molar-refractivity contribution is 6.29. The molecular formula is C12H17ClN2. The smallest absolute Gasteiger partial charge is 0.129 e. The molecule has 0 saturated heterocycles. The lowest BCUT2D eigenvalue weighted by Gasteiger charge is -2.16. The molecule has 0 N–H and O–H groups in total. The average Bonchev–Trinajstić information content (AvgIpc) is 2.86. The predicted octanol–water partition coefficient (Wildman–Crippen LogP) is 2.82. The summed E-state index contributed by atoms with van der Waals surface area (Å²) in [5.41, 5.74) is 1.23. The molecule has 82 valence electrons. The van der Waals surface area contributed by atoms with Gasteiger partial charge in [-0.3, -0.25) is 0 Å². The molecule has 0 aromatic carbocycles. The highest BCUT2D eigenvalue weighted by Crippen LogP contribution is 2.38. The van der Waals surface area contributed by atoms with Gasteiger partial charge in [0.05, 0.1) is 0 Å². The highest BCUT2D eigenvalue weighted by Gasteiger charge is 2.32. The summed E-state index contributed by atoms with van der Waals surface area (Å²) < 4.78 is 0. The van der Waals surface area contributed by atoms with Crippen molar-refractivity contribution in [3.63, 3.8) is 0 Å². The van der Waals surface area contributed by atoms with Crippen LogP contribution in [0.15, 0.2) is 18.3 Å². The Morgan fingerprint density at radius 2 is 2.27 bits per heavy atom. The zero-order valence-corrected chi connectivity index (χ0v) is 10.0. The molecule has 1 saturated carbocycles. The summed E-state index contributed by atoms with van der Waals surface area (Å²) in [6.07, 6.45) is 3.25. The Morgan fingerprint density at radius 3 is 2.80 bits per heavy atom. The minimum Gasteiger partial charge on any atom is -0.302 e. The van der Waals surface area contributed by atoms with Crippen molar-refractivity contribution in [1.29, 1.82) is 0 Å². The second-order valence-corrected chi connectivity index (χ2v) is 5.05. The lowest BCUT2D eigenvalue weighted by Crippen LogP contribution is -2.20. The SMILES string of the molecule is CC1CC1CN(C)Cc1ccc(Cl)nc1. The molecule has 1 aliphatic rings. The molecule has 1 heterocycles. The van der Waals surface area contributed by atoms with E-state index in [0.717, 1.165) is 18.4 Å². The van der Waals surface area contributed by atoms with Gasteiger partial charge in [-0.25, -0.2) is 4.98 Å². The van der Waals surface area contributed by atoms with E-state index in [1.54, 1.807) is 0 Å². The molecule has 1 aromatic rings. The number of halogens is 1. The fraction of sp³-hybridized carbons (Fsp3) is 0.583. The Bertz CT molecular complexity index is 323. The minimum absolute atomic E-state index is 0.567. The van der Waals surface area contributed by atoms with Gasteiger partial charge in [-0.1, -0.05) is 24.6 Å². The van der Waals surface area contributed by atoms with Crippen molar-refractivity contribution in [2.24, 2.45) is 11.8 Å². The van der Waals surface area contributed by atoms with Crippen LogP contribution in [0, 0.1) is 11.8 Å². The summed E-state index contributed by atoms with van der Waals surface area (Å²) in [5, 5.41) is 0.567. The number of nitrogens with zero attached hydrogens (tertiary/aromatic N) is 2. The van der Waals surface area contributed by atoms with E-state index < -0.39 is 0 Å². The summed E-state index contributed by atoms with van der Waals surface area (Å²) in [6.45, 7) is 4.49. The largest absolute Gasteiger partial charge is 0.302 e. The molecule has 0 bridgehead atoms. The van der Waals surface area contributed by atoms with Crippen molar-refractivity contribution in [2.45, 2.75) is 19.9 Å². The Labute approximate surface area is 96.3 Å². The van der Waals surface area contributed by atoms with Crippen LogP contribution in [-0.2, 0) is 6.54 Å². The quantitative estimate of drug-likeness (QED) is 0.732. The van der Waals surface area contributed by atoms with E-state index in [1.807, 2.05) is 18.3 Å². The molecule has 2 nitrogen and oxygen atoms in total. The Morgan fingerprint density at radius 1 is 1.53 bits per heavy atom. The van der Waals surface area contributed by atoms with Crippen LogP contribution in [0.1, 0.15) is 18.9 Å². The molecule has 1 aromatic heterocycles. The zero-order valence-electron chi connectivity index (χ0n) is 9.28. The van der Waals surface area contributed by atoms with Gasteiger partial charge in [-0.2, -0.15) is 0 Å². The Balaban J connectivity index is 1.82. The van der Waals surface area contributed by atoms with Gasteiger partial charge in [-0.15, -0.1) is 0 Å². The maximum atomic E-state index is 5.74. The first kappa shape index (κ1) is 10.9. The molecule has 1 aliphatic carbocycles. The van der Waals surface area contributed by atoms with Crippen molar-refractivity contribution in [3.05, 3.63) is 29.0 Å². The molecule has 15 heavy (non-hydrogen) atoms. The van der Waals surface area contributed by atoms with Gasteiger partial charge in [0.15, 0.2) is 0 Å². The summed E-state index contributed by atoms with van der Waals surface area (Å²) >= 11 is 5.74. The van der Waals surface area contributed by atoms with Crippen molar-refractivity contribution in [2.75, 3.05) is 13.6 Å². The normalized spacial score (nSPS) is 24.5. The van der Waals surface area contributed by atoms with Crippen molar-refractivity contribution in [3.8, 4) is 0 Å². The third-order valence-corrected chi connectivity index (χ3v) is 3.29. The highest BCUT2D eigenvalue weighted by atomic mass is 35.5. The zero-order chi connectivity index (χ0) is 10.8. The molecule has 0 aliphatic heterocycles. The van der Waals surface area contributed by atoms with Gasteiger partial charge < -0.3 is 4.90 Å². The van der Waals surface area contributed by atoms with Crippen molar-refractivity contribution in [1.82, 2.24) is 9.88 Å². The number of hydrogen-bond acceptors (Lipinski definition) is 2. The van der Waals surface area contributed by atoms with E-state index in [1.165, 1.54) is 18.5 Å². The van der Waals surface area contributed by atoms with Crippen LogP contribution in [0.4, 0.5) is 0 Å². The second kappa shape index (κ2) is 4.50. The fourth-order valence-corrected chi connectivity index (χ4v) is 2.04. The summed E-state index contributed by atoms with van der Waals surface area (Å²) in [6, 6.07) is 3.90. The first-order chi connectivity index (χ1) is 7.15. The fourth-order valence-electron chi connectivity index (χ4n) is 1.93. The molecule has 3 heteroatoms. The summed E-state index contributed by atoms with van der Waals surface area (Å²) in [4.78, 5) is 6.44. The molecule has 2 rings (SSSR count). The van der Waals surface area contributed by atoms with Gasteiger partial charge in [-0.05, 0) is 36.9 Å². The van der Waals surface area contributed by atoms with E-state index in [-0.39, 0.29) is 0 Å². The van der Waals surface area contributed by atoms with Crippen molar-refractivity contribution < 1.29 is 0 Å². The minimum atomic E-state index is 0.567. The van der Waals surface area contributed by atoms with Gasteiger partial charge in [0, 0.05) is 19.3 Å². The topological polar surface area (TPSA) is 16.1 Å². The number of aromatic nitrogens is 1.